The van der Waals surface area contributed by atoms with Gasteiger partial charge in [0.05, 0.1) is 12.2 Å². The first-order valence-corrected chi connectivity index (χ1v) is 11.4. The summed E-state index contributed by atoms with van der Waals surface area (Å²) in [7, 11) is 0. The second-order valence-corrected chi connectivity index (χ2v) is 8.67. The van der Waals surface area contributed by atoms with Gasteiger partial charge >= 0.3 is 0 Å². The van der Waals surface area contributed by atoms with Crippen LogP contribution in [0.2, 0.25) is 5.02 Å². The number of halogens is 1. The van der Waals surface area contributed by atoms with E-state index in [-0.39, 0.29) is 23.8 Å². The van der Waals surface area contributed by atoms with Crippen molar-refractivity contribution in [2.75, 3.05) is 11.9 Å². The Labute approximate surface area is 189 Å². The molecule has 4 rings (SSSR count). The Bertz CT molecular complexity index is 1150. The zero-order valence-corrected chi connectivity index (χ0v) is 18.6. The van der Waals surface area contributed by atoms with Crippen molar-refractivity contribution in [2.24, 2.45) is 0 Å². The van der Waals surface area contributed by atoms with Crippen LogP contribution in [0.25, 0.3) is 0 Å². The molecule has 0 saturated heterocycles. The lowest BCUT2D eigenvalue weighted by molar-refractivity contribution is -0.116. The van der Waals surface area contributed by atoms with Gasteiger partial charge in [-0.05, 0) is 41.8 Å². The van der Waals surface area contributed by atoms with Gasteiger partial charge in [0.15, 0.2) is 5.16 Å². The summed E-state index contributed by atoms with van der Waals surface area (Å²) < 4.78 is 5.63. The van der Waals surface area contributed by atoms with Gasteiger partial charge in [-0.1, -0.05) is 54.6 Å². The molecular formula is C23H22ClN3O3S. The van der Waals surface area contributed by atoms with E-state index >= 15 is 0 Å². The Morgan fingerprint density at radius 1 is 1.19 bits per heavy atom. The zero-order valence-electron chi connectivity index (χ0n) is 17.0. The Morgan fingerprint density at radius 2 is 2.00 bits per heavy atom. The van der Waals surface area contributed by atoms with Crippen LogP contribution in [0.5, 0.6) is 5.75 Å². The van der Waals surface area contributed by atoms with Gasteiger partial charge in [-0.3, -0.25) is 9.59 Å². The van der Waals surface area contributed by atoms with Gasteiger partial charge in [-0.25, -0.2) is 4.98 Å². The van der Waals surface area contributed by atoms with Gasteiger partial charge in [-0.2, -0.15) is 0 Å². The number of nitrogens with one attached hydrogen (secondary N) is 2. The highest BCUT2D eigenvalue weighted by Gasteiger charge is 2.31. The third-order valence-electron chi connectivity index (χ3n) is 4.95. The Morgan fingerprint density at radius 3 is 2.74 bits per heavy atom. The van der Waals surface area contributed by atoms with Crippen LogP contribution < -0.4 is 15.6 Å². The summed E-state index contributed by atoms with van der Waals surface area (Å²) in [6, 6.07) is 15.1. The molecular weight excluding hydrogens is 434 g/mol. The number of ether oxygens (including phenoxy) is 1. The van der Waals surface area contributed by atoms with Crippen LogP contribution >= 0.6 is 23.4 Å². The molecule has 1 atom stereocenters. The van der Waals surface area contributed by atoms with Gasteiger partial charge in [-0.15, -0.1) is 0 Å². The lowest BCUT2D eigenvalue weighted by Gasteiger charge is -2.24. The highest BCUT2D eigenvalue weighted by Crippen LogP contribution is 2.35. The number of hydrogen-bond donors (Lipinski definition) is 2. The summed E-state index contributed by atoms with van der Waals surface area (Å²) in [4.78, 5) is 32.7. The number of carbonyl (C=O) groups is 1. The van der Waals surface area contributed by atoms with E-state index in [2.05, 4.69) is 15.3 Å². The second-order valence-electron chi connectivity index (χ2n) is 7.27. The average Bonchev–Trinajstić information content (AvgIpc) is 2.76. The molecule has 1 aromatic heterocycles. The molecule has 1 aliphatic heterocycles. The van der Waals surface area contributed by atoms with Crippen molar-refractivity contribution in [3.05, 3.63) is 80.6 Å². The number of fused-ring (bicyclic) bond motifs is 1. The third-order valence-corrected chi connectivity index (χ3v) is 6.13. The summed E-state index contributed by atoms with van der Waals surface area (Å²) in [5.74, 6) is 1.18. The molecule has 8 heteroatoms. The van der Waals surface area contributed by atoms with Crippen molar-refractivity contribution in [1.29, 1.82) is 0 Å². The number of benzene rings is 2. The van der Waals surface area contributed by atoms with E-state index in [0.717, 1.165) is 23.3 Å². The van der Waals surface area contributed by atoms with E-state index in [1.54, 1.807) is 0 Å². The molecule has 2 N–H and O–H groups in total. The number of rotatable bonds is 7. The predicted molar refractivity (Wildman–Crippen MR) is 123 cm³/mol. The Balaban J connectivity index is 1.59. The fourth-order valence-electron chi connectivity index (χ4n) is 3.50. The van der Waals surface area contributed by atoms with Crippen molar-refractivity contribution >= 4 is 35.1 Å². The number of aromatic nitrogens is 2. The monoisotopic (exact) mass is 455 g/mol. The quantitative estimate of drug-likeness (QED) is 0.387. The average molecular weight is 456 g/mol. The summed E-state index contributed by atoms with van der Waals surface area (Å²) in [5, 5.41) is 3.87. The summed E-state index contributed by atoms with van der Waals surface area (Å²) >= 11 is 7.42. The molecule has 0 bridgehead atoms. The first-order valence-electron chi connectivity index (χ1n) is 10.1. The van der Waals surface area contributed by atoms with Gasteiger partial charge in [0.2, 0.25) is 5.91 Å². The van der Waals surface area contributed by atoms with Crippen molar-refractivity contribution in [3.8, 4) is 5.75 Å². The van der Waals surface area contributed by atoms with Crippen LogP contribution in [0.15, 0.2) is 58.5 Å². The molecule has 2 heterocycles. The van der Waals surface area contributed by atoms with E-state index in [9.17, 15) is 9.59 Å². The van der Waals surface area contributed by atoms with Gasteiger partial charge in [0.1, 0.15) is 11.6 Å². The molecule has 0 unspecified atom stereocenters. The molecule has 6 nitrogen and oxygen atoms in total. The van der Waals surface area contributed by atoms with Gasteiger partial charge in [0.25, 0.3) is 5.56 Å². The molecule has 0 radical (unpaired) electrons. The lowest BCUT2D eigenvalue weighted by atomic mass is 9.87. The molecule has 160 valence electrons. The number of aromatic amines is 1. The van der Waals surface area contributed by atoms with Gasteiger partial charge < -0.3 is 15.0 Å². The van der Waals surface area contributed by atoms with E-state index in [4.69, 9.17) is 16.3 Å². The highest BCUT2D eigenvalue weighted by molar-refractivity contribution is 7.98. The molecule has 0 spiro atoms. The number of amides is 1. The van der Waals surface area contributed by atoms with Crippen LogP contribution in [-0.2, 0) is 10.5 Å². The van der Waals surface area contributed by atoms with Gasteiger partial charge in [0, 0.05) is 23.1 Å². The van der Waals surface area contributed by atoms with Crippen molar-refractivity contribution < 1.29 is 9.53 Å². The normalized spacial score (nSPS) is 15.3. The van der Waals surface area contributed by atoms with Crippen molar-refractivity contribution in [3.63, 3.8) is 0 Å². The molecule has 0 fully saturated rings. The summed E-state index contributed by atoms with van der Waals surface area (Å²) in [6.07, 6.45) is 1.12. The first-order chi connectivity index (χ1) is 15.0. The SMILES string of the molecule is CCCOc1ccc([C@H]2CC(=O)Nc3nc(SCc4cccc(Cl)c4)[nH]c(=O)c32)cc1. The first kappa shape index (κ1) is 21.5. The van der Waals surface area contributed by atoms with E-state index in [1.807, 2.05) is 55.5 Å². The molecule has 0 aliphatic carbocycles. The minimum Gasteiger partial charge on any atom is -0.494 e. The fourth-order valence-corrected chi connectivity index (χ4v) is 4.51. The van der Waals surface area contributed by atoms with E-state index < -0.39 is 0 Å². The van der Waals surface area contributed by atoms with Crippen molar-refractivity contribution in [2.45, 2.75) is 36.6 Å². The maximum absolute atomic E-state index is 12.9. The number of anilines is 1. The van der Waals surface area contributed by atoms with Crippen LogP contribution in [0.1, 0.15) is 42.4 Å². The number of hydrogen-bond acceptors (Lipinski definition) is 5. The molecule has 1 amide bonds. The highest BCUT2D eigenvalue weighted by atomic mass is 35.5. The van der Waals surface area contributed by atoms with Crippen LogP contribution in [0, 0.1) is 0 Å². The summed E-state index contributed by atoms with van der Waals surface area (Å²) in [5.41, 5.74) is 2.14. The minimum absolute atomic E-state index is 0.160. The molecule has 3 aromatic rings. The van der Waals surface area contributed by atoms with Crippen LogP contribution in [0.4, 0.5) is 5.82 Å². The minimum atomic E-state index is -0.354. The van der Waals surface area contributed by atoms with Crippen LogP contribution in [-0.4, -0.2) is 22.5 Å². The summed E-state index contributed by atoms with van der Waals surface area (Å²) in [6.45, 7) is 2.69. The number of thioether (sulfide) groups is 1. The Kier molecular flexibility index (Phi) is 6.63. The standard InChI is InChI=1S/C23H22ClN3O3S/c1-2-10-30-17-8-6-15(7-9-17)18-12-19(28)25-21-20(18)22(29)27-23(26-21)31-13-14-4-3-5-16(24)11-14/h3-9,11,18H,2,10,12-13H2,1H3,(H2,25,26,27,28,29)/t18-/m1/s1. The zero-order chi connectivity index (χ0) is 21.8. The molecule has 2 aromatic carbocycles. The van der Waals surface area contributed by atoms with Crippen molar-refractivity contribution in [1.82, 2.24) is 9.97 Å². The molecule has 31 heavy (non-hydrogen) atoms. The van der Waals surface area contributed by atoms with E-state index in [1.165, 1.54) is 11.8 Å². The number of nitrogens with zero attached hydrogens (tertiary/aromatic N) is 1. The third kappa shape index (κ3) is 5.11. The van der Waals surface area contributed by atoms with Crippen LogP contribution in [0.3, 0.4) is 0 Å². The second kappa shape index (κ2) is 9.58. The number of carbonyl (C=O) groups excluding carboxylic acids is 1. The topological polar surface area (TPSA) is 84.1 Å². The maximum Gasteiger partial charge on any atom is 0.257 e. The maximum atomic E-state index is 12.9. The Hall–Kier alpha value is -2.77. The largest absolute Gasteiger partial charge is 0.494 e. The predicted octanol–water partition coefficient (Wildman–Crippen LogP) is 4.98. The number of H-pyrrole nitrogens is 1. The smallest absolute Gasteiger partial charge is 0.257 e. The fraction of sp³-hybridized carbons (Fsp3) is 0.261. The molecule has 0 saturated carbocycles. The molecule has 1 aliphatic rings. The lowest BCUT2D eigenvalue weighted by Crippen LogP contribution is -2.31. The van der Waals surface area contributed by atoms with E-state index in [0.29, 0.717) is 33.9 Å².